The van der Waals surface area contributed by atoms with Crippen LogP contribution in [0.15, 0.2) is 59.3 Å². The van der Waals surface area contributed by atoms with E-state index in [0.29, 0.717) is 0 Å². The van der Waals surface area contributed by atoms with Gasteiger partial charge in [-0.3, -0.25) is 14.5 Å². The molecular formula is C23H22N2O2S. The van der Waals surface area contributed by atoms with Crippen LogP contribution in [0.4, 0.5) is 11.4 Å². The lowest BCUT2D eigenvalue weighted by Crippen LogP contribution is -2.67. The van der Waals surface area contributed by atoms with Crippen molar-refractivity contribution in [2.24, 2.45) is 0 Å². The van der Waals surface area contributed by atoms with Gasteiger partial charge in [0.25, 0.3) is 5.91 Å². The lowest BCUT2D eigenvalue weighted by molar-refractivity contribution is -0.137. The zero-order valence-corrected chi connectivity index (χ0v) is 17.0. The minimum Gasteiger partial charge on any atom is -0.323 e. The Morgan fingerprint density at radius 3 is 2.29 bits per heavy atom. The summed E-state index contributed by atoms with van der Waals surface area (Å²) in [6.45, 7) is 5.95. The molecule has 2 heterocycles. The molecule has 1 aliphatic heterocycles. The van der Waals surface area contributed by atoms with Crippen LogP contribution in [0.25, 0.3) is 0 Å². The summed E-state index contributed by atoms with van der Waals surface area (Å²) in [5.41, 5.74) is 4.48. The standard InChI is InChI=1S/C23H22N2O2S/c1-15-7-9-19(10-8-15)25-20(26)13-23(25,18-11-12-28-14-18)22(27)24-21-16(2)5-4-6-17(21)3/h4-12,14H,13H2,1-3H3,(H,24,27)/t23-/m0/s1. The number of thiophene rings is 1. The maximum Gasteiger partial charge on any atom is 0.255 e. The smallest absolute Gasteiger partial charge is 0.255 e. The molecule has 4 nitrogen and oxygen atoms in total. The molecule has 1 atom stereocenters. The molecule has 4 rings (SSSR count). The van der Waals surface area contributed by atoms with E-state index in [-0.39, 0.29) is 18.2 Å². The minimum atomic E-state index is -1.03. The molecule has 0 spiro atoms. The van der Waals surface area contributed by atoms with Crippen molar-refractivity contribution in [1.82, 2.24) is 0 Å². The number of amides is 2. The Morgan fingerprint density at radius 1 is 1.04 bits per heavy atom. The number of anilines is 2. The number of para-hydroxylation sites is 1. The van der Waals surface area contributed by atoms with E-state index in [1.807, 2.05) is 80.1 Å². The van der Waals surface area contributed by atoms with E-state index in [0.717, 1.165) is 33.6 Å². The van der Waals surface area contributed by atoms with Crippen LogP contribution in [0.3, 0.4) is 0 Å². The third-order valence-corrected chi connectivity index (χ3v) is 6.11. The van der Waals surface area contributed by atoms with Gasteiger partial charge in [-0.1, -0.05) is 35.9 Å². The van der Waals surface area contributed by atoms with Crippen LogP contribution in [0.1, 0.15) is 28.7 Å². The number of benzene rings is 2. The number of nitrogens with zero attached hydrogens (tertiary/aromatic N) is 1. The average molecular weight is 391 g/mol. The van der Waals surface area contributed by atoms with Crippen molar-refractivity contribution in [3.8, 4) is 0 Å². The highest BCUT2D eigenvalue weighted by atomic mass is 32.1. The Balaban J connectivity index is 1.79. The Kier molecular flexibility index (Phi) is 4.55. The summed E-state index contributed by atoms with van der Waals surface area (Å²) >= 11 is 1.53. The summed E-state index contributed by atoms with van der Waals surface area (Å²) in [5, 5.41) is 7.01. The fourth-order valence-electron chi connectivity index (χ4n) is 3.83. The molecule has 1 aliphatic rings. The normalized spacial score (nSPS) is 18.7. The molecule has 2 aromatic carbocycles. The summed E-state index contributed by atoms with van der Waals surface area (Å²) in [4.78, 5) is 27.9. The molecule has 0 unspecified atom stereocenters. The van der Waals surface area contributed by atoms with Crippen molar-refractivity contribution in [1.29, 1.82) is 0 Å². The second kappa shape index (κ2) is 6.91. The summed E-state index contributed by atoms with van der Waals surface area (Å²) in [7, 11) is 0. The number of hydrogen-bond acceptors (Lipinski definition) is 3. The van der Waals surface area contributed by atoms with Gasteiger partial charge in [0, 0.05) is 11.4 Å². The van der Waals surface area contributed by atoms with Crippen LogP contribution in [-0.4, -0.2) is 11.8 Å². The lowest BCUT2D eigenvalue weighted by atomic mass is 9.77. The highest BCUT2D eigenvalue weighted by Crippen LogP contribution is 2.46. The van der Waals surface area contributed by atoms with E-state index in [2.05, 4.69) is 5.32 Å². The quantitative estimate of drug-likeness (QED) is 0.641. The number of rotatable bonds is 4. The van der Waals surface area contributed by atoms with E-state index in [4.69, 9.17) is 0 Å². The van der Waals surface area contributed by atoms with E-state index in [1.165, 1.54) is 11.3 Å². The number of hydrogen-bond donors (Lipinski definition) is 1. The van der Waals surface area contributed by atoms with Crippen LogP contribution in [0, 0.1) is 20.8 Å². The molecule has 0 aliphatic carbocycles. The molecule has 1 fully saturated rings. The summed E-state index contributed by atoms with van der Waals surface area (Å²) in [6, 6.07) is 15.6. The second-order valence-corrected chi connectivity index (χ2v) is 8.11. The van der Waals surface area contributed by atoms with Crippen LogP contribution in [-0.2, 0) is 15.1 Å². The molecule has 28 heavy (non-hydrogen) atoms. The van der Waals surface area contributed by atoms with Gasteiger partial charge in [0.15, 0.2) is 5.54 Å². The number of aryl methyl sites for hydroxylation is 3. The Morgan fingerprint density at radius 2 is 1.71 bits per heavy atom. The van der Waals surface area contributed by atoms with Gasteiger partial charge in [0.2, 0.25) is 5.91 Å². The summed E-state index contributed by atoms with van der Waals surface area (Å²) in [5.74, 6) is -0.227. The second-order valence-electron chi connectivity index (χ2n) is 7.33. The van der Waals surface area contributed by atoms with E-state index >= 15 is 0 Å². The number of carbonyl (C=O) groups excluding carboxylic acids is 2. The fourth-order valence-corrected chi connectivity index (χ4v) is 4.55. The highest BCUT2D eigenvalue weighted by molar-refractivity contribution is 7.08. The predicted molar refractivity (Wildman–Crippen MR) is 114 cm³/mol. The molecule has 1 aromatic heterocycles. The van der Waals surface area contributed by atoms with Crippen LogP contribution in [0.5, 0.6) is 0 Å². The topological polar surface area (TPSA) is 49.4 Å². The molecule has 3 aromatic rings. The van der Waals surface area contributed by atoms with Crippen molar-refractivity contribution in [2.45, 2.75) is 32.7 Å². The fraction of sp³-hybridized carbons (Fsp3) is 0.217. The molecule has 142 valence electrons. The summed E-state index contributed by atoms with van der Waals surface area (Å²) < 4.78 is 0. The third kappa shape index (κ3) is 2.83. The first-order valence-electron chi connectivity index (χ1n) is 9.23. The number of nitrogens with one attached hydrogen (secondary N) is 1. The first-order chi connectivity index (χ1) is 13.4. The van der Waals surface area contributed by atoms with E-state index < -0.39 is 5.54 Å². The van der Waals surface area contributed by atoms with Gasteiger partial charge in [-0.15, -0.1) is 0 Å². The maximum atomic E-state index is 13.6. The van der Waals surface area contributed by atoms with Gasteiger partial charge in [0.05, 0.1) is 6.42 Å². The van der Waals surface area contributed by atoms with Crippen molar-refractivity contribution in [3.63, 3.8) is 0 Å². The van der Waals surface area contributed by atoms with Crippen LogP contribution >= 0.6 is 11.3 Å². The molecule has 0 saturated carbocycles. The zero-order chi connectivity index (χ0) is 19.9. The van der Waals surface area contributed by atoms with Gasteiger partial charge in [0.1, 0.15) is 0 Å². The molecule has 2 amide bonds. The van der Waals surface area contributed by atoms with Crippen molar-refractivity contribution >= 4 is 34.5 Å². The Labute approximate surface area is 168 Å². The van der Waals surface area contributed by atoms with Crippen molar-refractivity contribution in [3.05, 3.63) is 81.5 Å². The van der Waals surface area contributed by atoms with Gasteiger partial charge in [-0.25, -0.2) is 0 Å². The SMILES string of the molecule is Cc1ccc(N2C(=O)C[C@@]2(C(=O)Nc2c(C)cccc2C)c2ccsc2)cc1. The summed E-state index contributed by atoms with van der Waals surface area (Å²) in [6.07, 6.45) is 0.161. The predicted octanol–water partition coefficient (Wildman–Crippen LogP) is 4.94. The molecule has 0 bridgehead atoms. The molecule has 1 saturated heterocycles. The van der Waals surface area contributed by atoms with E-state index in [1.54, 1.807) is 4.90 Å². The number of β-lactam (4-membered cyclic amide) rings is 1. The van der Waals surface area contributed by atoms with Gasteiger partial charge >= 0.3 is 0 Å². The largest absolute Gasteiger partial charge is 0.323 e. The highest BCUT2D eigenvalue weighted by Gasteiger charge is 2.58. The first-order valence-corrected chi connectivity index (χ1v) is 10.2. The van der Waals surface area contributed by atoms with Crippen LogP contribution < -0.4 is 10.2 Å². The molecule has 0 radical (unpaired) electrons. The average Bonchev–Trinajstić information content (AvgIpc) is 3.19. The molecule has 5 heteroatoms. The molecular weight excluding hydrogens is 368 g/mol. The third-order valence-electron chi connectivity index (χ3n) is 5.42. The Hall–Kier alpha value is -2.92. The minimum absolute atomic E-state index is 0.0493. The lowest BCUT2D eigenvalue weighted by Gasteiger charge is -2.50. The van der Waals surface area contributed by atoms with Gasteiger partial charge in [-0.2, -0.15) is 11.3 Å². The number of carbonyl (C=O) groups is 2. The molecule has 1 N–H and O–H groups in total. The van der Waals surface area contributed by atoms with Gasteiger partial charge < -0.3 is 5.32 Å². The first kappa shape index (κ1) is 18.4. The zero-order valence-electron chi connectivity index (χ0n) is 16.2. The maximum absolute atomic E-state index is 13.6. The monoisotopic (exact) mass is 390 g/mol. The van der Waals surface area contributed by atoms with Crippen molar-refractivity contribution < 1.29 is 9.59 Å². The van der Waals surface area contributed by atoms with Gasteiger partial charge in [-0.05, 0) is 66.4 Å². The van der Waals surface area contributed by atoms with Crippen molar-refractivity contribution in [2.75, 3.05) is 10.2 Å². The Bertz CT molecular complexity index is 1020. The van der Waals surface area contributed by atoms with E-state index in [9.17, 15) is 9.59 Å². The van der Waals surface area contributed by atoms with Crippen LogP contribution in [0.2, 0.25) is 0 Å².